The molecule has 6 heteroatoms. The summed E-state index contributed by atoms with van der Waals surface area (Å²) in [6, 6.07) is 8.10. The van der Waals surface area contributed by atoms with Crippen LogP contribution < -0.4 is 20.1 Å². The largest absolute Gasteiger partial charge is 0.454 e. The first-order valence-electron chi connectivity index (χ1n) is 7.23. The number of fused-ring (bicyclic) bond motifs is 2. The average Bonchev–Trinajstić information content (AvgIpc) is 3.14. The number of aromatic nitrogens is 2. The fourth-order valence-electron chi connectivity index (χ4n) is 2.79. The summed E-state index contributed by atoms with van der Waals surface area (Å²) >= 11 is 0. The van der Waals surface area contributed by atoms with E-state index in [1.54, 1.807) is 0 Å². The van der Waals surface area contributed by atoms with Gasteiger partial charge in [0.1, 0.15) is 5.82 Å². The van der Waals surface area contributed by atoms with Crippen LogP contribution in [0.3, 0.4) is 0 Å². The zero-order chi connectivity index (χ0) is 14.1. The van der Waals surface area contributed by atoms with Crippen LogP contribution in [0.1, 0.15) is 5.56 Å². The van der Waals surface area contributed by atoms with Crippen LogP contribution in [-0.2, 0) is 13.1 Å². The molecule has 0 amide bonds. The lowest BCUT2D eigenvalue weighted by Crippen LogP contribution is -2.35. The lowest BCUT2D eigenvalue weighted by Gasteiger charge is -2.25. The summed E-state index contributed by atoms with van der Waals surface area (Å²) in [7, 11) is 0. The molecular formula is C15H18N4O2. The van der Waals surface area contributed by atoms with Gasteiger partial charge in [-0.2, -0.15) is 5.10 Å². The molecule has 1 aromatic carbocycles. The molecule has 0 saturated heterocycles. The van der Waals surface area contributed by atoms with Gasteiger partial charge >= 0.3 is 0 Å². The van der Waals surface area contributed by atoms with Gasteiger partial charge in [0.25, 0.3) is 0 Å². The van der Waals surface area contributed by atoms with Crippen molar-refractivity contribution in [3.8, 4) is 11.5 Å². The van der Waals surface area contributed by atoms with Crippen LogP contribution >= 0.6 is 0 Å². The molecule has 2 N–H and O–H groups in total. The van der Waals surface area contributed by atoms with E-state index in [4.69, 9.17) is 9.47 Å². The summed E-state index contributed by atoms with van der Waals surface area (Å²) in [4.78, 5) is 0. The van der Waals surface area contributed by atoms with E-state index in [9.17, 15) is 0 Å². The number of ether oxygens (including phenoxy) is 2. The van der Waals surface area contributed by atoms with E-state index in [1.165, 1.54) is 5.56 Å². The van der Waals surface area contributed by atoms with E-state index in [0.717, 1.165) is 43.5 Å². The Balaban J connectivity index is 1.30. The highest BCUT2D eigenvalue weighted by Crippen LogP contribution is 2.32. The van der Waals surface area contributed by atoms with E-state index in [0.29, 0.717) is 12.7 Å². The van der Waals surface area contributed by atoms with E-state index >= 15 is 0 Å². The molecule has 2 aromatic rings. The van der Waals surface area contributed by atoms with Crippen LogP contribution in [0.5, 0.6) is 11.5 Å². The van der Waals surface area contributed by atoms with E-state index in [1.807, 2.05) is 29.1 Å². The Bertz CT molecular complexity index is 640. The van der Waals surface area contributed by atoms with Gasteiger partial charge in [-0.1, -0.05) is 6.07 Å². The number of nitrogens with one attached hydrogen (secondary N) is 2. The van der Waals surface area contributed by atoms with Gasteiger partial charge < -0.3 is 20.1 Å². The maximum Gasteiger partial charge on any atom is 0.231 e. The second kappa shape index (κ2) is 5.29. The Labute approximate surface area is 123 Å². The van der Waals surface area contributed by atoms with Crippen LogP contribution in [0.25, 0.3) is 0 Å². The molecule has 2 aliphatic heterocycles. The molecule has 0 aliphatic carbocycles. The SMILES string of the molecule is c1cc2n(n1)CC(CNCc1ccc3c(c1)OCO3)CN2. The molecule has 1 aromatic heterocycles. The highest BCUT2D eigenvalue weighted by Gasteiger charge is 2.18. The normalized spacial score (nSPS) is 19.1. The molecule has 0 radical (unpaired) electrons. The molecular weight excluding hydrogens is 268 g/mol. The summed E-state index contributed by atoms with van der Waals surface area (Å²) in [5.41, 5.74) is 1.21. The van der Waals surface area contributed by atoms with E-state index in [2.05, 4.69) is 21.8 Å². The first-order valence-corrected chi connectivity index (χ1v) is 7.23. The number of anilines is 1. The first kappa shape index (κ1) is 12.5. The van der Waals surface area contributed by atoms with Crippen LogP contribution in [0, 0.1) is 5.92 Å². The summed E-state index contributed by atoms with van der Waals surface area (Å²) in [5, 5.41) is 11.2. The van der Waals surface area contributed by atoms with Crippen molar-refractivity contribution in [2.75, 3.05) is 25.2 Å². The Morgan fingerprint density at radius 1 is 1.29 bits per heavy atom. The molecule has 4 rings (SSSR count). The van der Waals surface area contributed by atoms with Crippen molar-refractivity contribution in [3.63, 3.8) is 0 Å². The Morgan fingerprint density at radius 3 is 3.24 bits per heavy atom. The zero-order valence-electron chi connectivity index (χ0n) is 11.7. The molecule has 3 heterocycles. The summed E-state index contributed by atoms with van der Waals surface area (Å²) in [5.74, 6) is 3.34. The minimum absolute atomic E-state index is 0.326. The Kier molecular flexibility index (Phi) is 3.16. The second-order valence-electron chi connectivity index (χ2n) is 5.46. The van der Waals surface area contributed by atoms with Gasteiger partial charge in [0.2, 0.25) is 6.79 Å². The van der Waals surface area contributed by atoms with Gasteiger partial charge in [-0.05, 0) is 17.7 Å². The minimum Gasteiger partial charge on any atom is -0.454 e. The lowest BCUT2D eigenvalue weighted by atomic mass is 10.1. The maximum atomic E-state index is 5.39. The monoisotopic (exact) mass is 286 g/mol. The summed E-state index contributed by atoms with van der Waals surface area (Å²) in [6.07, 6.45) is 1.84. The van der Waals surface area contributed by atoms with Crippen molar-refractivity contribution >= 4 is 5.82 Å². The van der Waals surface area contributed by atoms with Crippen LogP contribution in [0.4, 0.5) is 5.82 Å². The van der Waals surface area contributed by atoms with Gasteiger partial charge in [-0.15, -0.1) is 0 Å². The van der Waals surface area contributed by atoms with Gasteiger partial charge in [0, 0.05) is 38.2 Å². The molecule has 1 atom stereocenters. The van der Waals surface area contributed by atoms with Gasteiger partial charge in [0.15, 0.2) is 11.5 Å². The highest BCUT2D eigenvalue weighted by atomic mass is 16.7. The molecule has 1 unspecified atom stereocenters. The first-order chi connectivity index (χ1) is 10.4. The number of rotatable bonds is 4. The second-order valence-corrected chi connectivity index (χ2v) is 5.46. The predicted octanol–water partition coefficient (Wildman–Crippen LogP) is 1.44. The molecule has 21 heavy (non-hydrogen) atoms. The van der Waals surface area contributed by atoms with Crippen molar-refractivity contribution in [2.45, 2.75) is 13.1 Å². The number of hydrogen-bond donors (Lipinski definition) is 2. The lowest BCUT2D eigenvalue weighted by molar-refractivity contribution is 0.174. The molecule has 0 saturated carbocycles. The standard InChI is InChI=1S/C15H18N4O2/c1-2-13-14(21-10-20-13)5-11(1)6-16-7-12-8-17-15-3-4-18-19(15)9-12/h1-5,12,16-17H,6-10H2. The third-order valence-electron chi connectivity index (χ3n) is 3.92. The molecule has 0 bridgehead atoms. The zero-order valence-corrected chi connectivity index (χ0v) is 11.7. The summed E-state index contributed by atoms with van der Waals surface area (Å²) < 4.78 is 12.7. The number of hydrogen-bond acceptors (Lipinski definition) is 5. The van der Waals surface area contributed by atoms with Crippen molar-refractivity contribution in [3.05, 3.63) is 36.0 Å². The fourth-order valence-corrected chi connectivity index (χ4v) is 2.79. The Morgan fingerprint density at radius 2 is 2.24 bits per heavy atom. The third-order valence-corrected chi connectivity index (χ3v) is 3.92. The molecule has 2 aliphatic rings. The van der Waals surface area contributed by atoms with Crippen molar-refractivity contribution in [2.24, 2.45) is 5.92 Å². The van der Waals surface area contributed by atoms with Crippen LogP contribution in [-0.4, -0.2) is 29.7 Å². The van der Waals surface area contributed by atoms with Gasteiger partial charge in [0.05, 0.1) is 6.20 Å². The molecule has 6 nitrogen and oxygen atoms in total. The third kappa shape index (κ3) is 2.54. The average molecular weight is 286 g/mol. The topological polar surface area (TPSA) is 60.3 Å². The molecule has 110 valence electrons. The van der Waals surface area contributed by atoms with Crippen molar-refractivity contribution in [1.29, 1.82) is 0 Å². The minimum atomic E-state index is 0.326. The molecule has 0 spiro atoms. The van der Waals surface area contributed by atoms with E-state index < -0.39 is 0 Å². The van der Waals surface area contributed by atoms with Crippen LogP contribution in [0.15, 0.2) is 30.5 Å². The quantitative estimate of drug-likeness (QED) is 0.890. The number of benzene rings is 1. The van der Waals surface area contributed by atoms with Crippen LogP contribution in [0.2, 0.25) is 0 Å². The Hall–Kier alpha value is -2.21. The smallest absolute Gasteiger partial charge is 0.231 e. The highest BCUT2D eigenvalue weighted by molar-refractivity contribution is 5.44. The van der Waals surface area contributed by atoms with Crippen molar-refractivity contribution in [1.82, 2.24) is 15.1 Å². The van der Waals surface area contributed by atoms with Gasteiger partial charge in [-0.3, -0.25) is 0 Å². The van der Waals surface area contributed by atoms with Crippen molar-refractivity contribution < 1.29 is 9.47 Å². The number of nitrogens with zero attached hydrogens (tertiary/aromatic N) is 2. The summed E-state index contributed by atoms with van der Waals surface area (Å²) in [6.45, 7) is 4.06. The predicted molar refractivity (Wildman–Crippen MR) is 78.5 cm³/mol. The molecule has 0 fully saturated rings. The maximum absolute atomic E-state index is 5.39. The fraction of sp³-hybridized carbons (Fsp3) is 0.400. The van der Waals surface area contributed by atoms with Gasteiger partial charge in [-0.25, -0.2) is 4.68 Å². The van der Waals surface area contributed by atoms with E-state index in [-0.39, 0.29) is 0 Å².